The summed E-state index contributed by atoms with van der Waals surface area (Å²) in [5, 5.41) is 2.73. The lowest BCUT2D eigenvalue weighted by atomic mass is 10.1. The maximum absolute atomic E-state index is 12.3. The van der Waals surface area contributed by atoms with Gasteiger partial charge >= 0.3 is 0 Å². The lowest BCUT2D eigenvalue weighted by Gasteiger charge is -2.13. The van der Waals surface area contributed by atoms with Crippen molar-refractivity contribution < 1.29 is 22.7 Å². The molecule has 2 aromatic rings. The maximum atomic E-state index is 12.3. The lowest BCUT2D eigenvalue weighted by molar-refractivity contribution is -0.116. The summed E-state index contributed by atoms with van der Waals surface area (Å²) in [4.78, 5) is 12.3. The first-order valence-electron chi connectivity index (χ1n) is 7.90. The molecule has 2 rings (SSSR count). The third-order valence-corrected chi connectivity index (χ3v) is 4.20. The summed E-state index contributed by atoms with van der Waals surface area (Å²) < 4.78 is 35.7. The van der Waals surface area contributed by atoms with Gasteiger partial charge in [0.25, 0.3) is 0 Å². The van der Waals surface area contributed by atoms with Crippen LogP contribution in [0.3, 0.4) is 0 Å². The highest BCUT2D eigenvalue weighted by Crippen LogP contribution is 2.26. The lowest BCUT2D eigenvalue weighted by Crippen LogP contribution is -2.16. The second-order valence-electron chi connectivity index (χ2n) is 5.65. The summed E-state index contributed by atoms with van der Waals surface area (Å²) >= 11 is 0. The molecule has 0 aliphatic heterocycles. The Morgan fingerprint density at radius 3 is 2.35 bits per heavy atom. The largest absolute Gasteiger partial charge is 0.497 e. The van der Waals surface area contributed by atoms with E-state index in [0.717, 1.165) is 11.8 Å². The smallest absolute Gasteiger partial charge is 0.229 e. The number of rotatable bonds is 8. The van der Waals surface area contributed by atoms with Crippen LogP contribution >= 0.6 is 0 Å². The highest BCUT2D eigenvalue weighted by atomic mass is 32.2. The van der Waals surface area contributed by atoms with Crippen molar-refractivity contribution in [3.05, 3.63) is 48.0 Å². The van der Waals surface area contributed by atoms with E-state index in [1.165, 1.54) is 0 Å². The number of ether oxygens (including phenoxy) is 2. The van der Waals surface area contributed by atoms with Crippen LogP contribution in [0.5, 0.6) is 11.5 Å². The molecule has 0 radical (unpaired) electrons. The highest BCUT2D eigenvalue weighted by Gasteiger charge is 2.12. The van der Waals surface area contributed by atoms with Gasteiger partial charge in [0.2, 0.25) is 15.9 Å². The minimum atomic E-state index is -3.44. The summed E-state index contributed by atoms with van der Waals surface area (Å²) in [5.41, 5.74) is 1.58. The van der Waals surface area contributed by atoms with Crippen LogP contribution < -0.4 is 19.5 Å². The fourth-order valence-corrected chi connectivity index (χ4v) is 3.00. The Morgan fingerprint density at radius 1 is 1.04 bits per heavy atom. The average molecular weight is 378 g/mol. The Hall–Kier alpha value is -2.74. The zero-order chi connectivity index (χ0) is 19.2. The Bertz CT molecular complexity index is 881. The van der Waals surface area contributed by atoms with E-state index >= 15 is 0 Å². The van der Waals surface area contributed by atoms with Crippen molar-refractivity contribution in [2.75, 3.05) is 30.5 Å². The van der Waals surface area contributed by atoms with E-state index in [9.17, 15) is 13.2 Å². The molecule has 7 nitrogen and oxygen atoms in total. The molecule has 0 aromatic heterocycles. The number of carbonyl (C=O) groups is 1. The number of carbonyl (C=O) groups excluding carboxylic acids is 1. The number of benzene rings is 2. The zero-order valence-corrected chi connectivity index (χ0v) is 15.7. The minimum Gasteiger partial charge on any atom is -0.497 e. The van der Waals surface area contributed by atoms with Gasteiger partial charge in [0, 0.05) is 6.42 Å². The molecular formula is C18H22N2O5S. The van der Waals surface area contributed by atoms with Gasteiger partial charge in [-0.3, -0.25) is 9.52 Å². The maximum Gasteiger partial charge on any atom is 0.229 e. The predicted octanol–water partition coefficient (Wildman–Crippen LogP) is 2.65. The summed E-state index contributed by atoms with van der Waals surface area (Å²) in [6, 6.07) is 12.0. The second kappa shape index (κ2) is 8.57. The van der Waals surface area contributed by atoms with Gasteiger partial charge in [-0.1, -0.05) is 12.1 Å². The van der Waals surface area contributed by atoms with Crippen molar-refractivity contribution in [2.45, 2.75) is 12.8 Å². The van der Waals surface area contributed by atoms with E-state index in [1.807, 2.05) is 6.07 Å². The molecule has 0 saturated heterocycles. The Balaban J connectivity index is 2.06. The van der Waals surface area contributed by atoms with Gasteiger partial charge in [-0.2, -0.15) is 0 Å². The molecular weight excluding hydrogens is 356 g/mol. The Kier molecular flexibility index (Phi) is 6.46. The van der Waals surface area contributed by atoms with E-state index in [1.54, 1.807) is 50.6 Å². The van der Waals surface area contributed by atoms with E-state index in [0.29, 0.717) is 29.3 Å². The minimum absolute atomic E-state index is 0.205. The fraction of sp³-hybridized carbons (Fsp3) is 0.278. The number of sulfonamides is 1. The van der Waals surface area contributed by atoms with E-state index in [2.05, 4.69) is 10.0 Å². The van der Waals surface area contributed by atoms with Crippen molar-refractivity contribution in [1.82, 2.24) is 0 Å². The van der Waals surface area contributed by atoms with Crippen molar-refractivity contribution in [2.24, 2.45) is 0 Å². The molecule has 0 fully saturated rings. The van der Waals surface area contributed by atoms with Gasteiger partial charge in [-0.25, -0.2) is 8.42 Å². The molecule has 0 atom stereocenters. The molecule has 2 N–H and O–H groups in total. The monoisotopic (exact) mass is 378 g/mol. The van der Waals surface area contributed by atoms with Crippen LogP contribution in [-0.2, 0) is 21.2 Å². The van der Waals surface area contributed by atoms with Crippen LogP contribution in [0.15, 0.2) is 42.5 Å². The quantitative estimate of drug-likeness (QED) is 0.736. The van der Waals surface area contributed by atoms with Crippen LogP contribution in [0.25, 0.3) is 0 Å². The summed E-state index contributed by atoms with van der Waals surface area (Å²) in [5.74, 6) is 1.12. The zero-order valence-electron chi connectivity index (χ0n) is 14.9. The number of anilines is 2. The van der Waals surface area contributed by atoms with Gasteiger partial charge in [0.15, 0.2) is 0 Å². The van der Waals surface area contributed by atoms with Crippen LogP contribution in [0, 0.1) is 0 Å². The SMILES string of the molecule is COc1ccc(OC)c(CCC(=O)Nc2ccccc2NS(C)(=O)=O)c1. The number of aryl methyl sites for hydroxylation is 1. The van der Waals surface area contributed by atoms with Crippen LogP contribution in [0.4, 0.5) is 11.4 Å². The molecule has 26 heavy (non-hydrogen) atoms. The molecule has 0 heterocycles. The highest BCUT2D eigenvalue weighted by molar-refractivity contribution is 7.92. The number of hydrogen-bond donors (Lipinski definition) is 2. The Morgan fingerprint density at radius 2 is 1.73 bits per heavy atom. The number of methoxy groups -OCH3 is 2. The van der Waals surface area contributed by atoms with Crippen molar-refractivity contribution >= 4 is 27.3 Å². The third kappa shape index (κ3) is 5.66. The Labute approximate surface area is 153 Å². The van der Waals surface area contributed by atoms with E-state index in [4.69, 9.17) is 9.47 Å². The molecule has 0 spiro atoms. The first kappa shape index (κ1) is 19.6. The van der Waals surface area contributed by atoms with Gasteiger partial charge < -0.3 is 14.8 Å². The molecule has 8 heteroatoms. The summed E-state index contributed by atoms with van der Waals surface area (Å²) in [6.45, 7) is 0. The van der Waals surface area contributed by atoms with Gasteiger partial charge in [0.05, 0.1) is 31.9 Å². The van der Waals surface area contributed by atoms with E-state index < -0.39 is 10.0 Å². The molecule has 0 unspecified atom stereocenters. The molecule has 1 amide bonds. The van der Waals surface area contributed by atoms with Crippen LogP contribution in [0.1, 0.15) is 12.0 Å². The van der Waals surface area contributed by atoms with Gasteiger partial charge in [-0.15, -0.1) is 0 Å². The van der Waals surface area contributed by atoms with Gasteiger partial charge in [-0.05, 0) is 42.3 Å². The number of para-hydroxylation sites is 2. The van der Waals surface area contributed by atoms with Crippen molar-refractivity contribution in [3.8, 4) is 11.5 Å². The predicted molar refractivity (Wildman–Crippen MR) is 101 cm³/mol. The molecule has 0 bridgehead atoms. The van der Waals surface area contributed by atoms with Gasteiger partial charge in [0.1, 0.15) is 11.5 Å². The molecule has 0 aliphatic carbocycles. The summed E-state index contributed by atoms with van der Waals surface area (Å²) in [7, 11) is -0.298. The van der Waals surface area contributed by atoms with Crippen molar-refractivity contribution in [3.63, 3.8) is 0 Å². The number of amides is 1. The average Bonchev–Trinajstić information content (AvgIpc) is 2.60. The van der Waals surface area contributed by atoms with Crippen molar-refractivity contribution in [1.29, 1.82) is 0 Å². The van der Waals surface area contributed by atoms with Crippen LogP contribution in [-0.4, -0.2) is 34.8 Å². The van der Waals surface area contributed by atoms with E-state index in [-0.39, 0.29) is 12.3 Å². The topological polar surface area (TPSA) is 93.7 Å². The summed E-state index contributed by atoms with van der Waals surface area (Å²) in [6.07, 6.45) is 1.71. The molecule has 2 aromatic carbocycles. The second-order valence-corrected chi connectivity index (χ2v) is 7.39. The molecule has 0 saturated carbocycles. The fourth-order valence-electron chi connectivity index (χ4n) is 2.42. The first-order chi connectivity index (χ1) is 12.3. The molecule has 0 aliphatic rings. The molecule has 140 valence electrons. The normalized spacial score (nSPS) is 10.9. The number of nitrogens with one attached hydrogen (secondary N) is 2. The standard InChI is InChI=1S/C18H22N2O5S/c1-24-14-9-10-17(25-2)13(12-14)8-11-18(21)19-15-6-4-5-7-16(15)20-26(3,22)23/h4-7,9-10,12,20H,8,11H2,1-3H3,(H,19,21). The third-order valence-electron chi connectivity index (χ3n) is 3.61. The first-order valence-corrected chi connectivity index (χ1v) is 9.79. The van der Waals surface area contributed by atoms with Crippen LogP contribution in [0.2, 0.25) is 0 Å². The number of hydrogen-bond acceptors (Lipinski definition) is 5.